The van der Waals surface area contributed by atoms with E-state index in [-0.39, 0.29) is 11.9 Å². The van der Waals surface area contributed by atoms with E-state index in [4.69, 9.17) is 9.47 Å². The summed E-state index contributed by atoms with van der Waals surface area (Å²) in [5, 5.41) is 4.50. The molecule has 5 nitrogen and oxygen atoms in total. The molecule has 3 rings (SSSR count). The summed E-state index contributed by atoms with van der Waals surface area (Å²) in [6, 6.07) is 8.33. The summed E-state index contributed by atoms with van der Waals surface area (Å²) in [6.45, 7) is 8.62. The Labute approximate surface area is 142 Å². The topological polar surface area (TPSA) is 39.5 Å². The summed E-state index contributed by atoms with van der Waals surface area (Å²) >= 11 is 0. The third kappa shape index (κ3) is 4.55. The molecular formula is C18H24FN3O2. The minimum Gasteiger partial charge on any atom is -0.492 e. The largest absolute Gasteiger partial charge is 0.492 e. The molecule has 0 spiro atoms. The molecule has 0 N–H and O–H groups in total. The molecule has 24 heavy (non-hydrogen) atoms. The van der Waals surface area contributed by atoms with E-state index in [9.17, 15) is 4.39 Å². The van der Waals surface area contributed by atoms with Crippen molar-refractivity contribution in [2.75, 3.05) is 32.8 Å². The number of hydrogen-bond donors (Lipinski definition) is 0. The Bertz CT molecular complexity index is 674. The SMILES string of the molecule is Cc1cc(C)n(C[C@H]2CN(CCOc3cccc(F)c3)CCO2)n1. The molecule has 0 saturated carbocycles. The maximum absolute atomic E-state index is 13.1. The van der Waals surface area contributed by atoms with E-state index in [1.165, 1.54) is 12.1 Å². The summed E-state index contributed by atoms with van der Waals surface area (Å²) < 4.78 is 26.6. The fourth-order valence-electron chi connectivity index (χ4n) is 3.00. The van der Waals surface area contributed by atoms with Crippen LogP contribution in [0.1, 0.15) is 11.4 Å². The number of aryl methyl sites for hydroxylation is 2. The van der Waals surface area contributed by atoms with Crippen LogP contribution >= 0.6 is 0 Å². The molecule has 6 heteroatoms. The maximum atomic E-state index is 13.1. The van der Waals surface area contributed by atoms with Crippen LogP contribution in [0.5, 0.6) is 5.75 Å². The highest BCUT2D eigenvalue weighted by atomic mass is 19.1. The van der Waals surface area contributed by atoms with Gasteiger partial charge in [-0.25, -0.2) is 4.39 Å². The van der Waals surface area contributed by atoms with Crippen LogP contribution in [-0.2, 0) is 11.3 Å². The lowest BCUT2D eigenvalue weighted by molar-refractivity contribution is -0.0403. The predicted molar refractivity (Wildman–Crippen MR) is 89.8 cm³/mol. The molecule has 130 valence electrons. The Kier molecular flexibility index (Phi) is 5.48. The monoisotopic (exact) mass is 333 g/mol. The zero-order chi connectivity index (χ0) is 16.9. The lowest BCUT2D eigenvalue weighted by Gasteiger charge is -2.32. The second-order valence-electron chi connectivity index (χ2n) is 6.21. The van der Waals surface area contributed by atoms with E-state index in [1.54, 1.807) is 12.1 Å². The molecular weight excluding hydrogens is 309 g/mol. The van der Waals surface area contributed by atoms with Crippen molar-refractivity contribution in [3.8, 4) is 5.75 Å². The quantitative estimate of drug-likeness (QED) is 0.814. The van der Waals surface area contributed by atoms with Crippen LogP contribution in [0.2, 0.25) is 0 Å². The van der Waals surface area contributed by atoms with Gasteiger partial charge in [-0.2, -0.15) is 5.10 Å². The van der Waals surface area contributed by atoms with Crippen LogP contribution in [0.3, 0.4) is 0 Å². The van der Waals surface area contributed by atoms with Gasteiger partial charge < -0.3 is 9.47 Å². The van der Waals surface area contributed by atoms with Gasteiger partial charge in [-0.05, 0) is 32.0 Å². The Morgan fingerprint density at radius 1 is 1.33 bits per heavy atom. The van der Waals surface area contributed by atoms with Gasteiger partial charge in [0.15, 0.2) is 0 Å². The fraction of sp³-hybridized carbons (Fsp3) is 0.500. The van der Waals surface area contributed by atoms with E-state index in [2.05, 4.69) is 23.0 Å². The molecule has 1 atom stereocenters. The van der Waals surface area contributed by atoms with E-state index in [1.807, 2.05) is 11.6 Å². The molecule has 1 aromatic heterocycles. The highest BCUT2D eigenvalue weighted by molar-refractivity contribution is 5.22. The molecule has 1 aromatic carbocycles. The summed E-state index contributed by atoms with van der Waals surface area (Å²) in [6.07, 6.45) is 0.130. The van der Waals surface area contributed by atoms with Gasteiger partial charge in [0.1, 0.15) is 18.2 Å². The van der Waals surface area contributed by atoms with Gasteiger partial charge in [-0.1, -0.05) is 6.07 Å². The van der Waals surface area contributed by atoms with Gasteiger partial charge in [-0.3, -0.25) is 9.58 Å². The first kappa shape index (κ1) is 16.9. The molecule has 1 saturated heterocycles. The van der Waals surface area contributed by atoms with Crippen molar-refractivity contribution in [2.24, 2.45) is 0 Å². The average Bonchev–Trinajstić information content (AvgIpc) is 2.85. The van der Waals surface area contributed by atoms with Gasteiger partial charge in [0.2, 0.25) is 0 Å². The van der Waals surface area contributed by atoms with Crippen LogP contribution < -0.4 is 4.74 Å². The molecule has 0 bridgehead atoms. The minimum atomic E-state index is -0.274. The number of ether oxygens (including phenoxy) is 2. The number of rotatable bonds is 6. The minimum absolute atomic E-state index is 0.130. The van der Waals surface area contributed by atoms with Crippen LogP contribution in [0.4, 0.5) is 4.39 Å². The van der Waals surface area contributed by atoms with Gasteiger partial charge in [0.05, 0.1) is 24.9 Å². The first-order valence-corrected chi connectivity index (χ1v) is 8.33. The fourth-order valence-corrected chi connectivity index (χ4v) is 3.00. The van der Waals surface area contributed by atoms with E-state index < -0.39 is 0 Å². The highest BCUT2D eigenvalue weighted by Crippen LogP contribution is 2.13. The van der Waals surface area contributed by atoms with Crippen LogP contribution in [-0.4, -0.2) is 53.6 Å². The van der Waals surface area contributed by atoms with E-state index in [0.717, 1.165) is 37.6 Å². The molecule has 2 aromatic rings. The highest BCUT2D eigenvalue weighted by Gasteiger charge is 2.21. The molecule has 0 radical (unpaired) electrons. The Morgan fingerprint density at radius 2 is 2.21 bits per heavy atom. The lowest BCUT2D eigenvalue weighted by atomic mass is 10.2. The van der Waals surface area contributed by atoms with Crippen molar-refractivity contribution in [3.05, 3.63) is 47.5 Å². The summed E-state index contributed by atoms with van der Waals surface area (Å²) in [4.78, 5) is 2.32. The van der Waals surface area contributed by atoms with Crippen molar-refractivity contribution < 1.29 is 13.9 Å². The van der Waals surface area contributed by atoms with Crippen molar-refractivity contribution in [1.29, 1.82) is 0 Å². The number of morpholine rings is 1. The van der Waals surface area contributed by atoms with Gasteiger partial charge >= 0.3 is 0 Å². The van der Waals surface area contributed by atoms with Gasteiger partial charge in [-0.15, -0.1) is 0 Å². The summed E-state index contributed by atoms with van der Waals surface area (Å²) in [5.41, 5.74) is 2.19. The van der Waals surface area contributed by atoms with Crippen molar-refractivity contribution in [2.45, 2.75) is 26.5 Å². The summed E-state index contributed by atoms with van der Waals surface area (Å²) in [7, 11) is 0. The number of aromatic nitrogens is 2. The Hall–Kier alpha value is -1.92. The van der Waals surface area contributed by atoms with Gasteiger partial charge in [0, 0.05) is 31.4 Å². The molecule has 0 amide bonds. The average molecular weight is 333 g/mol. The molecule has 2 heterocycles. The van der Waals surface area contributed by atoms with E-state index >= 15 is 0 Å². The zero-order valence-corrected chi connectivity index (χ0v) is 14.2. The standard InChI is InChI=1S/C18H24FN3O2/c1-14-10-15(2)22(20-14)13-18-12-21(7-9-24-18)6-8-23-17-5-3-4-16(19)11-17/h3-5,10-11,18H,6-9,12-13H2,1-2H3/t18-/m1/s1. The molecule has 0 unspecified atom stereocenters. The van der Waals surface area contributed by atoms with Gasteiger partial charge in [0.25, 0.3) is 0 Å². The first-order valence-electron chi connectivity index (χ1n) is 8.33. The molecule has 1 aliphatic rings. The zero-order valence-electron chi connectivity index (χ0n) is 14.2. The first-order chi connectivity index (χ1) is 11.6. The van der Waals surface area contributed by atoms with Crippen molar-refractivity contribution in [1.82, 2.24) is 14.7 Å². The molecule has 1 fully saturated rings. The molecule has 1 aliphatic heterocycles. The Balaban J connectivity index is 1.46. The number of nitrogens with zero attached hydrogens (tertiary/aromatic N) is 3. The second-order valence-corrected chi connectivity index (χ2v) is 6.21. The maximum Gasteiger partial charge on any atom is 0.126 e. The lowest BCUT2D eigenvalue weighted by Crippen LogP contribution is -2.45. The Morgan fingerprint density at radius 3 is 2.96 bits per heavy atom. The smallest absolute Gasteiger partial charge is 0.126 e. The summed E-state index contributed by atoms with van der Waals surface area (Å²) in [5.74, 6) is 0.297. The predicted octanol–water partition coefficient (Wildman–Crippen LogP) is 2.42. The normalized spacial score (nSPS) is 18.7. The van der Waals surface area contributed by atoms with Crippen LogP contribution in [0, 0.1) is 19.7 Å². The number of benzene rings is 1. The third-order valence-corrected chi connectivity index (χ3v) is 4.18. The third-order valence-electron chi connectivity index (χ3n) is 4.18. The molecule has 0 aliphatic carbocycles. The van der Waals surface area contributed by atoms with Crippen LogP contribution in [0.15, 0.2) is 30.3 Å². The van der Waals surface area contributed by atoms with Crippen molar-refractivity contribution >= 4 is 0 Å². The van der Waals surface area contributed by atoms with Crippen molar-refractivity contribution in [3.63, 3.8) is 0 Å². The van der Waals surface area contributed by atoms with Crippen LogP contribution in [0.25, 0.3) is 0 Å². The second kappa shape index (κ2) is 7.77. The number of halogens is 1. The number of hydrogen-bond acceptors (Lipinski definition) is 4. The van der Waals surface area contributed by atoms with E-state index in [0.29, 0.717) is 19.0 Å².